The van der Waals surface area contributed by atoms with Crippen molar-refractivity contribution < 1.29 is 4.79 Å². The average Bonchev–Trinajstić information content (AvgIpc) is 3.58. The van der Waals surface area contributed by atoms with Gasteiger partial charge in [-0.3, -0.25) is 19.1 Å². The Morgan fingerprint density at radius 2 is 2.20 bits per heavy atom. The number of nitrogens with zero attached hydrogens (tertiary/aromatic N) is 6. The highest BCUT2D eigenvalue weighted by atomic mass is 16.2. The van der Waals surface area contributed by atoms with Gasteiger partial charge in [0.05, 0.1) is 12.7 Å². The van der Waals surface area contributed by atoms with E-state index in [-0.39, 0.29) is 17.5 Å². The van der Waals surface area contributed by atoms with E-state index in [0.29, 0.717) is 41.6 Å². The van der Waals surface area contributed by atoms with E-state index in [1.807, 2.05) is 12.1 Å². The van der Waals surface area contributed by atoms with Gasteiger partial charge in [0.1, 0.15) is 22.9 Å². The zero-order valence-corrected chi connectivity index (χ0v) is 19.5. The molecule has 0 unspecified atom stereocenters. The van der Waals surface area contributed by atoms with Crippen LogP contribution in [0, 0.1) is 6.57 Å². The molecule has 5 rings (SSSR count). The summed E-state index contributed by atoms with van der Waals surface area (Å²) in [6.07, 6.45) is 8.02. The van der Waals surface area contributed by atoms with Gasteiger partial charge in [-0.05, 0) is 25.0 Å². The Morgan fingerprint density at radius 1 is 1.34 bits per heavy atom. The second-order valence-corrected chi connectivity index (χ2v) is 8.67. The molecule has 11 heteroatoms. The lowest BCUT2D eigenvalue weighted by molar-refractivity contribution is 0.0952. The summed E-state index contributed by atoms with van der Waals surface area (Å²) in [4.78, 5) is 36.2. The van der Waals surface area contributed by atoms with Crippen LogP contribution < -0.4 is 21.5 Å². The highest BCUT2D eigenvalue weighted by Crippen LogP contribution is 2.23. The van der Waals surface area contributed by atoms with Crippen molar-refractivity contribution >= 4 is 34.6 Å². The van der Waals surface area contributed by atoms with Crippen molar-refractivity contribution in [2.45, 2.75) is 25.3 Å². The number of carbonyl (C=O) groups excluding carboxylic acids is 1. The third-order valence-electron chi connectivity index (χ3n) is 6.20. The Hall–Kier alpha value is -4.17. The van der Waals surface area contributed by atoms with Crippen LogP contribution in [-0.2, 0) is 0 Å². The van der Waals surface area contributed by atoms with Crippen LogP contribution in [0.2, 0.25) is 0 Å². The van der Waals surface area contributed by atoms with E-state index in [2.05, 4.69) is 35.8 Å². The van der Waals surface area contributed by atoms with Crippen LogP contribution in [0.4, 0.5) is 17.3 Å². The minimum atomic E-state index is -0.203. The number of hydrogen-bond acceptors (Lipinski definition) is 7. The standard InChI is InChI=1S/C24H27N9O2/c1-25-9-13-31-11-7-17(8-12-31)32-10-3-4-19(24(32)35)29-20-14-21(26-2)33-22(30-20)18(15-27-33)23(34)28-16-5-6-16/h3-4,7,10,14-16,26H,5-6,8-9,11-13H2,2H3,(H,28,34)(H,29,30). The number of anilines is 3. The predicted molar refractivity (Wildman–Crippen MR) is 134 cm³/mol. The maximum atomic E-state index is 13.3. The molecule has 35 heavy (non-hydrogen) atoms. The van der Waals surface area contributed by atoms with E-state index in [9.17, 15) is 9.59 Å². The van der Waals surface area contributed by atoms with Gasteiger partial charge in [-0.2, -0.15) is 9.61 Å². The molecule has 3 N–H and O–H groups in total. The van der Waals surface area contributed by atoms with Crippen molar-refractivity contribution in [2.75, 3.05) is 43.9 Å². The highest BCUT2D eigenvalue weighted by Gasteiger charge is 2.26. The molecular formula is C24H27N9O2. The average molecular weight is 474 g/mol. The lowest BCUT2D eigenvalue weighted by Crippen LogP contribution is -2.33. The molecule has 4 heterocycles. The number of pyridine rings is 1. The van der Waals surface area contributed by atoms with Gasteiger partial charge < -0.3 is 20.8 Å². The second-order valence-electron chi connectivity index (χ2n) is 8.67. The number of nitrogens with one attached hydrogen (secondary N) is 3. The molecule has 0 saturated heterocycles. The Kier molecular flexibility index (Phi) is 6.20. The summed E-state index contributed by atoms with van der Waals surface area (Å²) >= 11 is 0. The fourth-order valence-electron chi connectivity index (χ4n) is 4.12. The first-order valence-electron chi connectivity index (χ1n) is 11.7. The molecule has 3 aromatic rings. The molecule has 1 aliphatic heterocycles. The zero-order valence-electron chi connectivity index (χ0n) is 19.5. The van der Waals surface area contributed by atoms with Crippen molar-refractivity contribution in [2.24, 2.45) is 0 Å². The molecule has 1 amide bonds. The van der Waals surface area contributed by atoms with E-state index < -0.39 is 0 Å². The number of fused-ring (bicyclic) bond motifs is 1. The van der Waals surface area contributed by atoms with Crippen molar-refractivity contribution in [1.29, 1.82) is 0 Å². The van der Waals surface area contributed by atoms with Crippen molar-refractivity contribution in [3.8, 4) is 0 Å². The van der Waals surface area contributed by atoms with Crippen LogP contribution in [0.3, 0.4) is 0 Å². The molecule has 1 saturated carbocycles. The van der Waals surface area contributed by atoms with Crippen LogP contribution in [0.1, 0.15) is 29.6 Å². The molecule has 3 aromatic heterocycles. The van der Waals surface area contributed by atoms with Gasteiger partial charge in [0.15, 0.2) is 5.65 Å². The first-order chi connectivity index (χ1) is 17.1. The van der Waals surface area contributed by atoms with Crippen LogP contribution in [0.5, 0.6) is 0 Å². The summed E-state index contributed by atoms with van der Waals surface area (Å²) in [7, 11) is 1.76. The minimum Gasteiger partial charge on any atom is -0.373 e. The van der Waals surface area contributed by atoms with Gasteiger partial charge in [0.2, 0.25) is 6.54 Å². The first kappa shape index (κ1) is 22.6. The van der Waals surface area contributed by atoms with E-state index in [1.54, 1.807) is 34.5 Å². The quantitative estimate of drug-likeness (QED) is 0.429. The predicted octanol–water partition coefficient (Wildman–Crippen LogP) is 2.03. The van der Waals surface area contributed by atoms with Crippen molar-refractivity contribution in [1.82, 2.24) is 29.4 Å². The second kappa shape index (κ2) is 9.60. The van der Waals surface area contributed by atoms with Gasteiger partial charge in [-0.25, -0.2) is 11.6 Å². The lowest BCUT2D eigenvalue weighted by atomic mass is 10.2. The third-order valence-corrected chi connectivity index (χ3v) is 6.20. The fraction of sp³-hybridized carbons (Fsp3) is 0.375. The van der Waals surface area contributed by atoms with Gasteiger partial charge in [0, 0.05) is 50.6 Å². The summed E-state index contributed by atoms with van der Waals surface area (Å²) in [5, 5.41) is 13.5. The maximum absolute atomic E-state index is 13.3. The third kappa shape index (κ3) is 4.74. The molecule has 2 aliphatic rings. The van der Waals surface area contributed by atoms with E-state index in [0.717, 1.165) is 38.0 Å². The Morgan fingerprint density at radius 3 is 2.91 bits per heavy atom. The number of carbonyl (C=O) groups is 1. The Balaban J connectivity index is 1.42. The number of rotatable bonds is 8. The highest BCUT2D eigenvalue weighted by molar-refractivity contribution is 6.00. The molecule has 0 radical (unpaired) electrons. The van der Waals surface area contributed by atoms with Crippen molar-refractivity contribution in [3.05, 3.63) is 64.0 Å². The number of amides is 1. The summed E-state index contributed by atoms with van der Waals surface area (Å²) in [5.74, 6) is 0.861. The van der Waals surface area contributed by atoms with E-state index in [4.69, 9.17) is 6.57 Å². The summed E-state index contributed by atoms with van der Waals surface area (Å²) < 4.78 is 3.22. The summed E-state index contributed by atoms with van der Waals surface area (Å²) in [6.45, 7) is 9.70. The SMILES string of the molecule is [C-]#[N+]CCN1CC=C(n2cccc(Nc3cc(NC)n4ncc(C(=O)NC5CC5)c4n3)c2=O)CC1. The molecular weight excluding hydrogens is 446 g/mol. The summed E-state index contributed by atoms with van der Waals surface area (Å²) in [5.41, 5.74) is 1.93. The summed E-state index contributed by atoms with van der Waals surface area (Å²) in [6, 6.07) is 5.50. The number of aromatic nitrogens is 4. The van der Waals surface area contributed by atoms with Gasteiger partial charge >= 0.3 is 0 Å². The largest absolute Gasteiger partial charge is 0.373 e. The Bertz CT molecular complexity index is 1390. The lowest BCUT2D eigenvalue weighted by Gasteiger charge is -2.25. The van der Waals surface area contributed by atoms with Crippen molar-refractivity contribution in [3.63, 3.8) is 0 Å². The molecule has 0 atom stereocenters. The molecule has 1 aliphatic carbocycles. The maximum Gasteiger partial charge on any atom is 0.278 e. The van der Waals surface area contributed by atoms with E-state index in [1.165, 1.54) is 6.20 Å². The van der Waals surface area contributed by atoms with Gasteiger partial charge in [0.25, 0.3) is 11.5 Å². The molecule has 1 fully saturated rings. The molecule has 0 bridgehead atoms. The van der Waals surface area contributed by atoms with Crippen LogP contribution in [0.15, 0.2) is 41.5 Å². The minimum absolute atomic E-state index is 0.179. The molecule has 0 spiro atoms. The smallest absolute Gasteiger partial charge is 0.278 e. The normalized spacial score (nSPS) is 15.9. The first-order valence-corrected chi connectivity index (χ1v) is 11.7. The molecule has 0 aromatic carbocycles. The van der Waals surface area contributed by atoms with Crippen LogP contribution in [-0.4, -0.2) is 69.2 Å². The fourth-order valence-corrected chi connectivity index (χ4v) is 4.12. The van der Waals surface area contributed by atoms with Gasteiger partial charge in [-0.15, -0.1) is 0 Å². The number of hydrogen-bond donors (Lipinski definition) is 3. The monoisotopic (exact) mass is 473 g/mol. The van der Waals surface area contributed by atoms with E-state index >= 15 is 0 Å². The molecule has 180 valence electrons. The van der Waals surface area contributed by atoms with Gasteiger partial charge in [-0.1, -0.05) is 6.08 Å². The Labute approximate surface area is 202 Å². The van der Waals surface area contributed by atoms with Crippen LogP contribution in [0.25, 0.3) is 16.2 Å². The topological polar surface area (TPSA) is 113 Å². The zero-order chi connectivity index (χ0) is 24.4. The molecule has 11 nitrogen and oxygen atoms in total. The van der Waals surface area contributed by atoms with Crippen LogP contribution >= 0.6 is 0 Å².